The molecule has 1 aliphatic heterocycles. The van der Waals surface area contributed by atoms with Crippen molar-refractivity contribution in [3.05, 3.63) is 0 Å². The normalized spacial score (nSPS) is 26.9. The van der Waals surface area contributed by atoms with Crippen LogP contribution in [0.3, 0.4) is 0 Å². The monoisotopic (exact) mass is 203 g/mol. The van der Waals surface area contributed by atoms with Crippen LogP contribution >= 0.6 is 0 Å². The number of hydrogen-bond acceptors (Lipinski definition) is 4. The van der Waals surface area contributed by atoms with E-state index in [4.69, 9.17) is 14.9 Å². The number of aliphatic hydroxyl groups excluding tert-OH is 2. The van der Waals surface area contributed by atoms with E-state index in [9.17, 15) is 4.79 Å². The molecule has 5 nitrogen and oxygen atoms in total. The van der Waals surface area contributed by atoms with Crippen LogP contribution in [0, 0.1) is 0 Å². The summed E-state index contributed by atoms with van der Waals surface area (Å²) in [5.41, 5.74) is 0. The average Bonchev–Trinajstić information content (AvgIpc) is 2.61. The van der Waals surface area contributed by atoms with Crippen molar-refractivity contribution >= 4 is 5.91 Å². The first kappa shape index (κ1) is 11.4. The standard InChI is InChI=1S/C9H17NO4/c1-6-2-3-8(14-6)9(13)10-7(4-11)5-12/h6-8,11-12H,2-5H2,1H3,(H,10,13). The van der Waals surface area contributed by atoms with Gasteiger partial charge in [0.2, 0.25) is 5.91 Å². The number of nitrogens with one attached hydrogen (secondary N) is 1. The van der Waals surface area contributed by atoms with E-state index in [0.29, 0.717) is 6.42 Å². The Labute approximate surface area is 83.1 Å². The number of hydrogen-bond donors (Lipinski definition) is 3. The van der Waals surface area contributed by atoms with E-state index in [-0.39, 0.29) is 25.2 Å². The first-order valence-electron chi connectivity index (χ1n) is 4.85. The van der Waals surface area contributed by atoms with Crippen LogP contribution in [-0.4, -0.2) is 47.6 Å². The summed E-state index contributed by atoms with van der Waals surface area (Å²) in [6.07, 6.45) is 1.27. The van der Waals surface area contributed by atoms with Crippen molar-refractivity contribution in [2.24, 2.45) is 0 Å². The second-order valence-electron chi connectivity index (χ2n) is 3.58. The third kappa shape index (κ3) is 2.94. The van der Waals surface area contributed by atoms with E-state index in [1.54, 1.807) is 0 Å². The summed E-state index contributed by atoms with van der Waals surface area (Å²) in [5.74, 6) is -0.248. The van der Waals surface area contributed by atoms with Crippen molar-refractivity contribution in [1.82, 2.24) is 5.32 Å². The van der Waals surface area contributed by atoms with Gasteiger partial charge >= 0.3 is 0 Å². The molecule has 0 aromatic heterocycles. The summed E-state index contributed by atoms with van der Waals surface area (Å²) in [4.78, 5) is 11.5. The highest BCUT2D eigenvalue weighted by atomic mass is 16.5. The van der Waals surface area contributed by atoms with Gasteiger partial charge in [0.05, 0.1) is 25.4 Å². The maximum Gasteiger partial charge on any atom is 0.249 e. The van der Waals surface area contributed by atoms with Crippen LogP contribution in [0.1, 0.15) is 19.8 Å². The lowest BCUT2D eigenvalue weighted by Crippen LogP contribution is -2.45. The molecule has 0 radical (unpaired) electrons. The predicted molar refractivity (Wildman–Crippen MR) is 49.7 cm³/mol. The number of carbonyl (C=O) groups excluding carboxylic acids is 1. The predicted octanol–water partition coefficient (Wildman–Crippen LogP) is -0.977. The summed E-state index contributed by atoms with van der Waals surface area (Å²) in [7, 11) is 0. The van der Waals surface area contributed by atoms with Crippen LogP contribution in [0.15, 0.2) is 0 Å². The minimum Gasteiger partial charge on any atom is -0.394 e. The number of ether oxygens (including phenoxy) is 1. The van der Waals surface area contributed by atoms with Crippen molar-refractivity contribution < 1.29 is 19.7 Å². The fourth-order valence-corrected chi connectivity index (χ4v) is 1.44. The summed E-state index contributed by atoms with van der Waals surface area (Å²) < 4.78 is 5.34. The van der Waals surface area contributed by atoms with Crippen LogP contribution in [-0.2, 0) is 9.53 Å². The van der Waals surface area contributed by atoms with Crippen LogP contribution in [0.25, 0.3) is 0 Å². The lowest BCUT2D eigenvalue weighted by molar-refractivity contribution is -0.133. The van der Waals surface area contributed by atoms with Gasteiger partial charge in [-0.1, -0.05) is 0 Å². The zero-order valence-electron chi connectivity index (χ0n) is 8.27. The Balaban J connectivity index is 2.34. The van der Waals surface area contributed by atoms with Crippen molar-refractivity contribution in [3.63, 3.8) is 0 Å². The molecule has 2 atom stereocenters. The second kappa shape index (κ2) is 5.29. The molecule has 1 saturated heterocycles. The molecule has 0 bridgehead atoms. The second-order valence-corrected chi connectivity index (χ2v) is 3.58. The Bertz CT molecular complexity index is 193. The maximum atomic E-state index is 11.5. The third-order valence-corrected chi connectivity index (χ3v) is 2.31. The van der Waals surface area contributed by atoms with Crippen LogP contribution < -0.4 is 5.32 Å². The molecule has 1 heterocycles. The van der Waals surface area contributed by atoms with Gasteiger partial charge in [0.15, 0.2) is 0 Å². The molecule has 0 aliphatic carbocycles. The quantitative estimate of drug-likeness (QED) is 0.549. The van der Waals surface area contributed by atoms with E-state index < -0.39 is 12.1 Å². The highest BCUT2D eigenvalue weighted by Crippen LogP contribution is 2.18. The van der Waals surface area contributed by atoms with Gasteiger partial charge in [0, 0.05) is 0 Å². The fourth-order valence-electron chi connectivity index (χ4n) is 1.44. The van der Waals surface area contributed by atoms with Crippen molar-refractivity contribution in [3.8, 4) is 0 Å². The maximum absolute atomic E-state index is 11.5. The van der Waals surface area contributed by atoms with E-state index in [1.165, 1.54) is 0 Å². The zero-order valence-corrected chi connectivity index (χ0v) is 8.27. The lowest BCUT2D eigenvalue weighted by atomic mass is 10.2. The summed E-state index contributed by atoms with van der Waals surface area (Å²) in [6.45, 7) is 1.40. The Kier molecular flexibility index (Phi) is 4.31. The Morgan fingerprint density at radius 1 is 1.50 bits per heavy atom. The van der Waals surface area contributed by atoms with Crippen molar-refractivity contribution in [2.75, 3.05) is 13.2 Å². The van der Waals surface area contributed by atoms with Crippen LogP contribution in [0.5, 0.6) is 0 Å². The molecular formula is C9H17NO4. The highest BCUT2D eigenvalue weighted by molar-refractivity contribution is 5.81. The molecule has 2 unspecified atom stereocenters. The van der Waals surface area contributed by atoms with Gasteiger partial charge in [-0.05, 0) is 19.8 Å². The topological polar surface area (TPSA) is 78.8 Å². The number of aliphatic hydroxyl groups is 2. The van der Waals surface area contributed by atoms with E-state index in [1.807, 2.05) is 6.92 Å². The molecule has 0 saturated carbocycles. The zero-order chi connectivity index (χ0) is 10.6. The molecule has 14 heavy (non-hydrogen) atoms. The first-order valence-corrected chi connectivity index (χ1v) is 4.85. The van der Waals surface area contributed by atoms with Gasteiger partial charge in [-0.3, -0.25) is 4.79 Å². The molecule has 82 valence electrons. The molecule has 0 spiro atoms. The number of rotatable bonds is 4. The number of carbonyl (C=O) groups is 1. The van der Waals surface area contributed by atoms with Crippen LogP contribution in [0.2, 0.25) is 0 Å². The molecule has 1 rings (SSSR count). The Morgan fingerprint density at radius 3 is 2.57 bits per heavy atom. The summed E-state index contributed by atoms with van der Waals surface area (Å²) in [6, 6.07) is -0.581. The number of amides is 1. The van der Waals surface area contributed by atoms with E-state index >= 15 is 0 Å². The van der Waals surface area contributed by atoms with Gasteiger partial charge in [0.25, 0.3) is 0 Å². The highest BCUT2D eigenvalue weighted by Gasteiger charge is 2.28. The lowest BCUT2D eigenvalue weighted by Gasteiger charge is -2.16. The average molecular weight is 203 g/mol. The third-order valence-electron chi connectivity index (χ3n) is 2.31. The SMILES string of the molecule is CC1CCC(C(=O)NC(CO)CO)O1. The Hall–Kier alpha value is -0.650. The Morgan fingerprint density at radius 2 is 2.14 bits per heavy atom. The molecule has 1 fully saturated rings. The molecule has 1 amide bonds. The summed E-state index contributed by atoms with van der Waals surface area (Å²) >= 11 is 0. The van der Waals surface area contributed by atoms with Crippen molar-refractivity contribution in [1.29, 1.82) is 0 Å². The van der Waals surface area contributed by atoms with Gasteiger partial charge < -0.3 is 20.3 Å². The van der Waals surface area contributed by atoms with Gasteiger partial charge in [-0.15, -0.1) is 0 Å². The smallest absolute Gasteiger partial charge is 0.249 e. The molecule has 0 aromatic carbocycles. The van der Waals surface area contributed by atoms with Crippen LogP contribution in [0.4, 0.5) is 0 Å². The molecular weight excluding hydrogens is 186 g/mol. The minimum atomic E-state index is -0.581. The first-order chi connectivity index (χ1) is 6.67. The molecule has 1 aliphatic rings. The van der Waals surface area contributed by atoms with Gasteiger partial charge in [0.1, 0.15) is 6.10 Å². The molecule has 3 N–H and O–H groups in total. The largest absolute Gasteiger partial charge is 0.394 e. The van der Waals surface area contributed by atoms with Gasteiger partial charge in [-0.25, -0.2) is 0 Å². The van der Waals surface area contributed by atoms with E-state index in [0.717, 1.165) is 6.42 Å². The van der Waals surface area contributed by atoms with E-state index in [2.05, 4.69) is 5.32 Å². The minimum absolute atomic E-state index is 0.118. The molecule has 0 aromatic rings. The molecule has 5 heteroatoms. The summed E-state index contributed by atoms with van der Waals surface area (Å²) in [5, 5.41) is 20.0. The van der Waals surface area contributed by atoms with Gasteiger partial charge in [-0.2, -0.15) is 0 Å². The fraction of sp³-hybridized carbons (Fsp3) is 0.889. The van der Waals surface area contributed by atoms with Crippen molar-refractivity contribution in [2.45, 2.75) is 38.0 Å².